The van der Waals surface area contributed by atoms with E-state index in [9.17, 15) is 13.2 Å². The van der Waals surface area contributed by atoms with Crippen molar-refractivity contribution in [2.24, 2.45) is 0 Å². The molecule has 122 valence electrons. The van der Waals surface area contributed by atoms with Crippen LogP contribution >= 0.6 is 0 Å². The number of hydrogen-bond acceptors (Lipinski definition) is 3. The van der Waals surface area contributed by atoms with Gasteiger partial charge in [-0.1, -0.05) is 52.0 Å². The monoisotopic (exact) mass is 323 g/mol. The van der Waals surface area contributed by atoms with Crippen LogP contribution in [0, 0.1) is 0 Å². The van der Waals surface area contributed by atoms with Crippen molar-refractivity contribution < 1.29 is 13.2 Å². The second-order valence-corrected chi connectivity index (χ2v) is 8.12. The van der Waals surface area contributed by atoms with Crippen molar-refractivity contribution in [1.29, 1.82) is 0 Å². The summed E-state index contributed by atoms with van der Waals surface area (Å²) >= 11 is 0. The first-order chi connectivity index (χ1) is 10.2. The topological polar surface area (TPSA) is 63.2 Å². The van der Waals surface area contributed by atoms with Gasteiger partial charge < -0.3 is 5.32 Å². The zero-order valence-electron chi connectivity index (χ0n) is 13.7. The molecule has 1 amide bonds. The lowest BCUT2D eigenvalue weighted by molar-refractivity contribution is -0.113. The summed E-state index contributed by atoms with van der Waals surface area (Å²) in [4.78, 5) is 12.1. The Labute approximate surface area is 133 Å². The van der Waals surface area contributed by atoms with Gasteiger partial charge in [-0.25, -0.2) is 8.42 Å². The molecule has 0 fully saturated rings. The molecule has 0 bridgehead atoms. The van der Waals surface area contributed by atoms with Crippen molar-refractivity contribution in [1.82, 2.24) is 0 Å². The number of anilines is 1. The van der Waals surface area contributed by atoms with Gasteiger partial charge in [-0.3, -0.25) is 4.79 Å². The van der Waals surface area contributed by atoms with Crippen LogP contribution in [-0.4, -0.2) is 25.8 Å². The van der Waals surface area contributed by atoms with E-state index in [1.807, 2.05) is 45.9 Å². The molecule has 0 spiro atoms. The predicted molar refractivity (Wildman–Crippen MR) is 92.1 cm³/mol. The van der Waals surface area contributed by atoms with E-state index >= 15 is 0 Å². The number of para-hydroxylation sites is 1. The number of hydrogen-bond donors (Lipinski definition) is 1. The zero-order valence-corrected chi connectivity index (χ0v) is 14.5. The van der Waals surface area contributed by atoms with Crippen LogP contribution in [0.2, 0.25) is 0 Å². The maximum absolute atomic E-state index is 12.1. The highest BCUT2D eigenvalue weighted by atomic mass is 32.2. The van der Waals surface area contributed by atoms with E-state index in [-0.39, 0.29) is 17.6 Å². The zero-order chi connectivity index (χ0) is 16.9. The Bertz CT molecular complexity index is 620. The van der Waals surface area contributed by atoms with Crippen LogP contribution in [0.25, 0.3) is 0 Å². The number of nitrogens with one attached hydrogen (secondary N) is 1. The summed E-state index contributed by atoms with van der Waals surface area (Å²) in [5, 5.41) is 2.80. The first kappa shape index (κ1) is 18.4. The quantitative estimate of drug-likeness (QED) is 0.781. The highest BCUT2D eigenvalue weighted by molar-refractivity contribution is 7.92. The molecular weight excluding hydrogens is 298 g/mol. The highest BCUT2D eigenvalue weighted by Gasteiger charge is 2.19. The fourth-order valence-electron chi connectivity index (χ4n) is 2.31. The minimum atomic E-state index is -3.45. The van der Waals surface area contributed by atoms with Crippen molar-refractivity contribution in [3.8, 4) is 0 Å². The molecule has 22 heavy (non-hydrogen) atoms. The van der Waals surface area contributed by atoms with E-state index in [2.05, 4.69) is 11.9 Å². The third-order valence-electron chi connectivity index (χ3n) is 3.36. The van der Waals surface area contributed by atoms with Gasteiger partial charge in [0.25, 0.3) is 0 Å². The molecule has 0 aliphatic rings. The number of sulfone groups is 1. The first-order valence-electron chi connectivity index (χ1n) is 7.42. The minimum Gasteiger partial charge on any atom is -0.325 e. The van der Waals surface area contributed by atoms with E-state index in [1.54, 1.807) is 0 Å². The van der Waals surface area contributed by atoms with Crippen molar-refractivity contribution in [2.45, 2.75) is 39.5 Å². The molecule has 0 aliphatic heterocycles. The van der Waals surface area contributed by atoms with Gasteiger partial charge in [0, 0.05) is 5.69 Å². The van der Waals surface area contributed by atoms with Gasteiger partial charge in [0.05, 0.1) is 5.75 Å². The lowest BCUT2D eigenvalue weighted by Gasteiger charge is -2.20. The summed E-state index contributed by atoms with van der Waals surface area (Å²) in [5.41, 5.74) is 2.77. The van der Waals surface area contributed by atoms with Gasteiger partial charge in [0.2, 0.25) is 5.91 Å². The van der Waals surface area contributed by atoms with Crippen LogP contribution in [0.4, 0.5) is 5.69 Å². The SMILES string of the molecule is C=CCS(=O)(=O)CC(=O)Nc1c(C(C)C)cccc1C(C)C. The lowest BCUT2D eigenvalue weighted by atomic mass is 9.92. The molecule has 0 aromatic heterocycles. The molecule has 0 radical (unpaired) electrons. The number of carbonyl (C=O) groups is 1. The molecule has 0 unspecified atom stereocenters. The molecule has 0 saturated heterocycles. The summed E-state index contributed by atoms with van der Waals surface area (Å²) in [6.07, 6.45) is 1.30. The summed E-state index contributed by atoms with van der Waals surface area (Å²) in [6, 6.07) is 5.89. The summed E-state index contributed by atoms with van der Waals surface area (Å²) in [7, 11) is -3.45. The van der Waals surface area contributed by atoms with Crippen LogP contribution in [0.5, 0.6) is 0 Å². The molecule has 0 aliphatic carbocycles. The maximum atomic E-state index is 12.1. The Kier molecular flexibility index (Phi) is 6.35. The van der Waals surface area contributed by atoms with Crippen molar-refractivity contribution >= 4 is 21.4 Å². The van der Waals surface area contributed by atoms with Gasteiger partial charge in [-0.15, -0.1) is 6.58 Å². The van der Waals surface area contributed by atoms with Gasteiger partial charge in [-0.05, 0) is 23.0 Å². The smallest absolute Gasteiger partial charge is 0.239 e. The Morgan fingerprint density at radius 1 is 1.18 bits per heavy atom. The molecule has 1 N–H and O–H groups in total. The largest absolute Gasteiger partial charge is 0.325 e. The van der Waals surface area contributed by atoms with Gasteiger partial charge in [0.1, 0.15) is 5.75 Å². The van der Waals surface area contributed by atoms with Crippen molar-refractivity contribution in [2.75, 3.05) is 16.8 Å². The maximum Gasteiger partial charge on any atom is 0.239 e. The second-order valence-electron chi connectivity index (χ2n) is 6.01. The van der Waals surface area contributed by atoms with Crippen LogP contribution < -0.4 is 5.32 Å². The van der Waals surface area contributed by atoms with Gasteiger partial charge in [0.15, 0.2) is 9.84 Å². The van der Waals surface area contributed by atoms with Crippen LogP contribution in [0.3, 0.4) is 0 Å². The molecule has 1 rings (SSSR count). The Morgan fingerprint density at radius 2 is 1.68 bits per heavy atom. The number of rotatable bonds is 7. The molecule has 0 saturated carbocycles. The minimum absolute atomic E-state index is 0.191. The molecule has 0 atom stereocenters. The van der Waals surface area contributed by atoms with E-state index in [1.165, 1.54) is 6.08 Å². The Hall–Kier alpha value is -1.62. The highest BCUT2D eigenvalue weighted by Crippen LogP contribution is 2.32. The fourth-order valence-corrected chi connectivity index (χ4v) is 3.26. The molecule has 4 nitrogen and oxygen atoms in total. The van der Waals surface area contributed by atoms with Crippen LogP contribution in [0.15, 0.2) is 30.9 Å². The standard InChI is InChI=1S/C17H25NO3S/c1-6-10-22(20,21)11-16(19)18-17-14(12(2)3)8-7-9-15(17)13(4)5/h6-9,12-13H,1,10-11H2,2-5H3,(H,18,19). The van der Waals surface area contributed by atoms with Crippen LogP contribution in [-0.2, 0) is 14.6 Å². The molecule has 0 heterocycles. The summed E-state index contributed by atoms with van der Waals surface area (Å²) < 4.78 is 23.5. The van der Waals surface area contributed by atoms with Crippen molar-refractivity contribution in [3.63, 3.8) is 0 Å². The van der Waals surface area contributed by atoms with E-state index in [4.69, 9.17) is 0 Å². The van der Waals surface area contributed by atoms with Crippen LogP contribution in [0.1, 0.15) is 50.7 Å². The first-order valence-corrected chi connectivity index (χ1v) is 9.24. The second kappa shape index (κ2) is 7.58. The number of benzene rings is 1. The van der Waals surface area contributed by atoms with Gasteiger partial charge >= 0.3 is 0 Å². The number of amides is 1. The Morgan fingerprint density at radius 3 is 2.09 bits per heavy atom. The normalized spacial score (nSPS) is 11.7. The van der Waals surface area contributed by atoms with Crippen molar-refractivity contribution in [3.05, 3.63) is 42.0 Å². The Balaban J connectivity index is 3.10. The molecular formula is C17H25NO3S. The molecule has 1 aromatic carbocycles. The van der Waals surface area contributed by atoms with E-state index < -0.39 is 21.5 Å². The third-order valence-corrected chi connectivity index (χ3v) is 4.81. The third kappa shape index (κ3) is 4.98. The van der Waals surface area contributed by atoms with E-state index in [0.29, 0.717) is 0 Å². The van der Waals surface area contributed by atoms with E-state index in [0.717, 1.165) is 16.8 Å². The summed E-state index contributed by atoms with van der Waals surface area (Å²) in [6.45, 7) is 11.6. The average molecular weight is 323 g/mol. The summed E-state index contributed by atoms with van der Waals surface area (Å²) in [5.74, 6) is -0.749. The number of carbonyl (C=O) groups excluding carboxylic acids is 1. The van der Waals surface area contributed by atoms with Gasteiger partial charge in [-0.2, -0.15) is 0 Å². The average Bonchev–Trinajstić information content (AvgIpc) is 2.37. The predicted octanol–water partition coefficient (Wildman–Crippen LogP) is 3.47. The molecule has 1 aromatic rings. The lowest BCUT2D eigenvalue weighted by Crippen LogP contribution is -2.25. The molecule has 5 heteroatoms. The fraction of sp³-hybridized carbons (Fsp3) is 0.471.